The second-order valence-electron chi connectivity index (χ2n) is 4.05. The molecule has 0 aliphatic rings. The van der Waals surface area contributed by atoms with Crippen LogP contribution < -0.4 is 10.6 Å². The van der Waals surface area contributed by atoms with Crippen LogP contribution in [0.4, 0.5) is 10.5 Å². The van der Waals surface area contributed by atoms with Crippen LogP contribution >= 0.6 is 27.5 Å². The van der Waals surface area contributed by atoms with Gasteiger partial charge in [0, 0.05) is 15.9 Å². The van der Waals surface area contributed by atoms with Gasteiger partial charge < -0.3 is 20.8 Å². The molecule has 0 bridgehead atoms. The Kier molecular flexibility index (Phi) is 6.44. The average Bonchev–Trinajstić information content (AvgIpc) is 2.38. The molecule has 0 saturated carbocycles. The topological polar surface area (TPSA) is 116 Å². The number of carboxylic acids is 2. The first-order valence-electron chi connectivity index (χ1n) is 5.76. The van der Waals surface area contributed by atoms with Crippen molar-refractivity contribution in [1.82, 2.24) is 5.32 Å². The number of carbonyl (C=O) groups is 3. The van der Waals surface area contributed by atoms with Crippen LogP contribution in [0.5, 0.6) is 0 Å². The molecule has 0 heterocycles. The Labute approximate surface area is 133 Å². The van der Waals surface area contributed by atoms with E-state index < -0.39 is 24.0 Å². The quantitative estimate of drug-likeness (QED) is 0.606. The van der Waals surface area contributed by atoms with Gasteiger partial charge in [0.05, 0.1) is 5.69 Å². The number of halogens is 2. The van der Waals surface area contributed by atoms with E-state index in [0.29, 0.717) is 15.2 Å². The van der Waals surface area contributed by atoms with E-state index in [1.807, 2.05) is 0 Å². The molecule has 0 radical (unpaired) electrons. The lowest BCUT2D eigenvalue weighted by atomic mass is 10.1. The molecule has 0 aliphatic heterocycles. The van der Waals surface area contributed by atoms with Crippen LogP contribution in [0, 0.1) is 0 Å². The highest BCUT2D eigenvalue weighted by Crippen LogP contribution is 2.25. The largest absolute Gasteiger partial charge is 0.481 e. The summed E-state index contributed by atoms with van der Waals surface area (Å²) >= 11 is 9.00. The van der Waals surface area contributed by atoms with Crippen molar-refractivity contribution >= 4 is 51.2 Å². The third kappa shape index (κ3) is 6.01. The molecule has 114 valence electrons. The Morgan fingerprint density at radius 3 is 2.52 bits per heavy atom. The van der Waals surface area contributed by atoms with Crippen LogP contribution in [0.2, 0.25) is 5.02 Å². The third-order valence-electron chi connectivity index (χ3n) is 2.43. The van der Waals surface area contributed by atoms with E-state index in [2.05, 4.69) is 26.6 Å². The SMILES string of the molecule is O=C(O)CC[C@H](NC(=O)Nc1cc(Cl)ccc1Br)C(=O)O. The van der Waals surface area contributed by atoms with Gasteiger partial charge in [0.2, 0.25) is 0 Å². The molecule has 1 aromatic carbocycles. The van der Waals surface area contributed by atoms with E-state index in [-0.39, 0.29) is 12.8 Å². The summed E-state index contributed by atoms with van der Waals surface area (Å²) < 4.78 is 0.569. The minimum absolute atomic E-state index is 0.213. The molecule has 1 aromatic rings. The zero-order valence-electron chi connectivity index (χ0n) is 10.6. The number of benzene rings is 1. The fourth-order valence-corrected chi connectivity index (χ4v) is 1.95. The summed E-state index contributed by atoms with van der Waals surface area (Å²) in [4.78, 5) is 33.1. The summed E-state index contributed by atoms with van der Waals surface area (Å²) in [5, 5.41) is 22.5. The predicted molar refractivity (Wildman–Crippen MR) is 79.6 cm³/mol. The maximum atomic E-state index is 11.7. The van der Waals surface area contributed by atoms with Gasteiger partial charge in [-0.2, -0.15) is 0 Å². The van der Waals surface area contributed by atoms with Crippen LogP contribution in [0.25, 0.3) is 0 Å². The Morgan fingerprint density at radius 2 is 1.95 bits per heavy atom. The van der Waals surface area contributed by atoms with Gasteiger partial charge in [-0.15, -0.1) is 0 Å². The average molecular weight is 380 g/mol. The van der Waals surface area contributed by atoms with Gasteiger partial charge in [-0.25, -0.2) is 9.59 Å². The van der Waals surface area contributed by atoms with Crippen molar-refractivity contribution in [3.05, 3.63) is 27.7 Å². The number of hydrogen-bond acceptors (Lipinski definition) is 3. The third-order valence-corrected chi connectivity index (χ3v) is 3.35. The standard InChI is InChI=1S/C12H12BrClN2O5/c13-7-2-1-6(14)5-9(7)16-12(21)15-8(11(19)20)3-4-10(17)18/h1-2,5,8H,3-4H2,(H,17,18)(H,19,20)(H2,15,16,21)/t8-/m0/s1. The van der Waals surface area contributed by atoms with E-state index >= 15 is 0 Å². The van der Waals surface area contributed by atoms with Gasteiger partial charge in [0.15, 0.2) is 0 Å². The first-order chi connectivity index (χ1) is 9.79. The van der Waals surface area contributed by atoms with Crippen molar-refractivity contribution in [3.63, 3.8) is 0 Å². The number of carboxylic acid groups (broad SMARTS) is 2. The molecule has 4 N–H and O–H groups in total. The number of urea groups is 1. The summed E-state index contributed by atoms with van der Waals surface area (Å²) in [5.74, 6) is -2.45. The highest BCUT2D eigenvalue weighted by molar-refractivity contribution is 9.10. The maximum absolute atomic E-state index is 11.7. The number of nitrogens with one attached hydrogen (secondary N) is 2. The van der Waals surface area contributed by atoms with Crippen molar-refractivity contribution in [2.75, 3.05) is 5.32 Å². The fraction of sp³-hybridized carbons (Fsp3) is 0.250. The lowest BCUT2D eigenvalue weighted by Gasteiger charge is -2.15. The van der Waals surface area contributed by atoms with Gasteiger partial charge in [-0.1, -0.05) is 11.6 Å². The zero-order chi connectivity index (χ0) is 16.0. The van der Waals surface area contributed by atoms with Crippen molar-refractivity contribution in [1.29, 1.82) is 0 Å². The molecule has 9 heteroatoms. The molecule has 21 heavy (non-hydrogen) atoms. The van der Waals surface area contributed by atoms with Crippen LogP contribution in [-0.2, 0) is 9.59 Å². The first-order valence-corrected chi connectivity index (χ1v) is 6.94. The highest BCUT2D eigenvalue weighted by Gasteiger charge is 2.21. The van der Waals surface area contributed by atoms with Gasteiger partial charge in [-0.3, -0.25) is 4.79 Å². The maximum Gasteiger partial charge on any atom is 0.326 e. The first kappa shape index (κ1) is 17.3. The summed E-state index contributed by atoms with van der Waals surface area (Å²) in [6.45, 7) is 0. The molecule has 2 amide bonds. The Hall–Kier alpha value is -1.80. The molecule has 0 aliphatic carbocycles. The molecule has 0 unspecified atom stereocenters. The summed E-state index contributed by atoms with van der Waals surface area (Å²) in [7, 11) is 0. The smallest absolute Gasteiger partial charge is 0.326 e. The predicted octanol–water partition coefficient (Wildman–Crippen LogP) is 2.54. The summed E-state index contributed by atoms with van der Waals surface area (Å²) in [6, 6.07) is 2.66. The van der Waals surface area contributed by atoms with E-state index in [1.165, 1.54) is 6.07 Å². The molecule has 0 fully saturated rings. The number of amides is 2. The highest BCUT2D eigenvalue weighted by atomic mass is 79.9. The number of carbonyl (C=O) groups excluding carboxylic acids is 1. The van der Waals surface area contributed by atoms with Crippen LogP contribution in [-0.4, -0.2) is 34.2 Å². The van der Waals surface area contributed by atoms with Crippen LogP contribution in [0.3, 0.4) is 0 Å². The van der Waals surface area contributed by atoms with Crippen molar-refractivity contribution in [2.45, 2.75) is 18.9 Å². The fourth-order valence-electron chi connectivity index (χ4n) is 1.44. The lowest BCUT2D eigenvalue weighted by molar-refractivity contribution is -0.140. The lowest BCUT2D eigenvalue weighted by Crippen LogP contribution is -2.43. The van der Waals surface area contributed by atoms with Gasteiger partial charge in [0.1, 0.15) is 6.04 Å². The van der Waals surface area contributed by atoms with Gasteiger partial charge in [-0.05, 0) is 40.5 Å². The van der Waals surface area contributed by atoms with Gasteiger partial charge >= 0.3 is 18.0 Å². The summed E-state index contributed by atoms with van der Waals surface area (Å²) in [6.07, 6.45) is -0.576. The second-order valence-corrected chi connectivity index (χ2v) is 5.34. The molecular weight excluding hydrogens is 367 g/mol. The molecule has 0 saturated heterocycles. The molecule has 7 nitrogen and oxygen atoms in total. The number of anilines is 1. The molecule has 0 spiro atoms. The molecule has 1 rings (SSSR count). The van der Waals surface area contributed by atoms with Crippen LogP contribution in [0.1, 0.15) is 12.8 Å². The van der Waals surface area contributed by atoms with Crippen molar-refractivity contribution in [2.24, 2.45) is 0 Å². The van der Waals surface area contributed by atoms with E-state index in [1.54, 1.807) is 12.1 Å². The Bertz CT molecular complexity index is 567. The van der Waals surface area contributed by atoms with E-state index in [0.717, 1.165) is 0 Å². The van der Waals surface area contributed by atoms with Crippen molar-refractivity contribution < 1.29 is 24.6 Å². The monoisotopic (exact) mass is 378 g/mol. The van der Waals surface area contributed by atoms with E-state index in [9.17, 15) is 14.4 Å². The van der Waals surface area contributed by atoms with E-state index in [4.69, 9.17) is 21.8 Å². The minimum Gasteiger partial charge on any atom is -0.481 e. The van der Waals surface area contributed by atoms with Crippen molar-refractivity contribution in [3.8, 4) is 0 Å². The molecule has 1 atom stereocenters. The number of hydrogen-bond donors (Lipinski definition) is 4. The molecule has 0 aromatic heterocycles. The minimum atomic E-state index is -1.31. The normalized spacial score (nSPS) is 11.5. The Morgan fingerprint density at radius 1 is 1.29 bits per heavy atom. The number of rotatable bonds is 6. The Balaban J connectivity index is 2.67. The number of aliphatic carboxylic acids is 2. The second kappa shape index (κ2) is 7.84. The molecular formula is C12H12BrClN2O5. The summed E-state index contributed by atoms with van der Waals surface area (Å²) in [5.41, 5.74) is 0.363. The van der Waals surface area contributed by atoms with Crippen LogP contribution in [0.15, 0.2) is 22.7 Å². The zero-order valence-corrected chi connectivity index (χ0v) is 12.9. The van der Waals surface area contributed by atoms with Gasteiger partial charge in [0.25, 0.3) is 0 Å².